The van der Waals surface area contributed by atoms with Gasteiger partial charge in [0, 0.05) is 12.1 Å². The van der Waals surface area contributed by atoms with Crippen LogP contribution in [0.25, 0.3) is 11.0 Å². The van der Waals surface area contributed by atoms with Crippen LogP contribution in [0.3, 0.4) is 0 Å². The lowest BCUT2D eigenvalue weighted by molar-refractivity contribution is 0.792. The monoisotopic (exact) mass is 239 g/mol. The molecule has 0 radical (unpaired) electrons. The van der Waals surface area contributed by atoms with Gasteiger partial charge in [-0.1, -0.05) is 11.6 Å². The minimum absolute atomic E-state index is 0.114. The normalized spacial score (nSPS) is 11.2. The number of imidazole rings is 1. The summed E-state index contributed by atoms with van der Waals surface area (Å²) in [4.78, 5) is 14.2. The highest BCUT2D eigenvalue weighted by atomic mass is 35.5. The smallest absolute Gasteiger partial charge is 0.319 e. The molecule has 2 aromatic rings. The van der Waals surface area contributed by atoms with Crippen LogP contribution in [0.4, 0.5) is 0 Å². The molecule has 2 rings (SSSR count). The van der Waals surface area contributed by atoms with Gasteiger partial charge in [0.15, 0.2) is 0 Å². The first-order valence-corrected chi connectivity index (χ1v) is 5.53. The molecule has 16 heavy (non-hydrogen) atoms. The van der Waals surface area contributed by atoms with Crippen molar-refractivity contribution in [2.75, 3.05) is 13.6 Å². The fourth-order valence-electron chi connectivity index (χ4n) is 1.74. The molecule has 0 amide bonds. The highest BCUT2D eigenvalue weighted by Crippen LogP contribution is 2.22. The maximum Gasteiger partial charge on any atom is 0.326 e. The van der Waals surface area contributed by atoms with E-state index in [1.807, 2.05) is 19.2 Å². The Kier molecular flexibility index (Phi) is 3.03. The Labute approximate surface area is 98.2 Å². The van der Waals surface area contributed by atoms with Crippen molar-refractivity contribution in [2.45, 2.75) is 6.42 Å². The zero-order chi connectivity index (χ0) is 11.7. The maximum atomic E-state index is 11.4. The van der Waals surface area contributed by atoms with E-state index in [9.17, 15) is 4.79 Å². The average Bonchev–Trinajstić information content (AvgIpc) is 2.52. The fraction of sp³-hybridized carbons (Fsp3) is 0.364. The van der Waals surface area contributed by atoms with Gasteiger partial charge in [0.05, 0.1) is 11.0 Å². The van der Waals surface area contributed by atoms with Crippen LogP contribution in [-0.2, 0) is 13.5 Å². The number of hydrogen-bond acceptors (Lipinski definition) is 2. The van der Waals surface area contributed by atoms with Gasteiger partial charge in [-0.25, -0.2) is 4.79 Å². The van der Waals surface area contributed by atoms with E-state index < -0.39 is 0 Å². The van der Waals surface area contributed by atoms with Crippen LogP contribution in [0.1, 0.15) is 5.56 Å². The van der Waals surface area contributed by atoms with Crippen LogP contribution >= 0.6 is 11.6 Å². The van der Waals surface area contributed by atoms with Gasteiger partial charge in [0.25, 0.3) is 0 Å². The third-order valence-electron chi connectivity index (χ3n) is 2.72. The Hall–Kier alpha value is -1.26. The number of nitrogens with zero attached hydrogens (tertiary/aromatic N) is 1. The molecule has 4 nitrogen and oxygen atoms in total. The van der Waals surface area contributed by atoms with E-state index >= 15 is 0 Å². The van der Waals surface area contributed by atoms with Gasteiger partial charge in [0.2, 0.25) is 0 Å². The van der Waals surface area contributed by atoms with E-state index in [2.05, 4.69) is 10.3 Å². The molecule has 1 heterocycles. The lowest BCUT2D eigenvalue weighted by atomic mass is 10.1. The number of aromatic nitrogens is 2. The molecular formula is C11H14ClN3O. The molecule has 0 spiro atoms. The highest BCUT2D eigenvalue weighted by Gasteiger charge is 2.07. The fourth-order valence-corrected chi connectivity index (χ4v) is 2.00. The van der Waals surface area contributed by atoms with Crippen molar-refractivity contribution in [3.05, 3.63) is 33.2 Å². The summed E-state index contributed by atoms with van der Waals surface area (Å²) in [6, 6.07) is 3.77. The van der Waals surface area contributed by atoms with Crippen LogP contribution in [0, 0.1) is 0 Å². The van der Waals surface area contributed by atoms with Crippen LogP contribution in [-0.4, -0.2) is 23.1 Å². The van der Waals surface area contributed by atoms with E-state index in [0.29, 0.717) is 5.02 Å². The van der Waals surface area contributed by atoms with Crippen molar-refractivity contribution in [3.63, 3.8) is 0 Å². The summed E-state index contributed by atoms with van der Waals surface area (Å²) in [7, 11) is 3.65. The Morgan fingerprint density at radius 3 is 2.94 bits per heavy atom. The van der Waals surface area contributed by atoms with E-state index in [1.165, 1.54) is 0 Å². The third kappa shape index (κ3) is 1.86. The average molecular weight is 240 g/mol. The quantitative estimate of drug-likeness (QED) is 0.848. The minimum Gasteiger partial charge on any atom is -0.319 e. The number of aromatic amines is 1. The molecule has 1 aromatic carbocycles. The predicted octanol–water partition coefficient (Wildman–Crippen LogP) is 1.28. The largest absolute Gasteiger partial charge is 0.326 e. The van der Waals surface area contributed by atoms with E-state index in [-0.39, 0.29) is 5.69 Å². The van der Waals surface area contributed by atoms with Crippen LogP contribution in [0.2, 0.25) is 5.02 Å². The predicted molar refractivity (Wildman–Crippen MR) is 66.2 cm³/mol. The molecule has 0 aliphatic rings. The maximum absolute atomic E-state index is 11.4. The second-order valence-corrected chi connectivity index (χ2v) is 4.21. The van der Waals surface area contributed by atoms with Gasteiger partial charge in [-0.15, -0.1) is 0 Å². The number of benzene rings is 1. The Bertz CT molecular complexity index is 570. The molecule has 0 saturated heterocycles. The number of halogens is 1. The summed E-state index contributed by atoms with van der Waals surface area (Å²) in [5.74, 6) is 0. The van der Waals surface area contributed by atoms with Gasteiger partial charge < -0.3 is 10.3 Å². The van der Waals surface area contributed by atoms with Gasteiger partial charge in [-0.05, 0) is 37.7 Å². The molecular weight excluding hydrogens is 226 g/mol. The summed E-state index contributed by atoms with van der Waals surface area (Å²) in [6.45, 7) is 0.865. The summed E-state index contributed by atoms with van der Waals surface area (Å²) < 4.78 is 1.59. The summed E-state index contributed by atoms with van der Waals surface area (Å²) in [6.07, 6.45) is 0.852. The van der Waals surface area contributed by atoms with Crippen LogP contribution < -0.4 is 11.0 Å². The zero-order valence-corrected chi connectivity index (χ0v) is 10.1. The van der Waals surface area contributed by atoms with E-state index in [4.69, 9.17) is 11.6 Å². The molecule has 0 aliphatic carbocycles. The SMILES string of the molecule is CNCCc1cc2c(cc1Cl)[nH]c(=O)n2C. The second-order valence-electron chi connectivity index (χ2n) is 3.80. The zero-order valence-electron chi connectivity index (χ0n) is 9.30. The first-order chi connectivity index (χ1) is 7.63. The van der Waals surface area contributed by atoms with Crippen LogP contribution in [0.15, 0.2) is 16.9 Å². The standard InChI is InChI=1S/C11H14ClN3O/c1-13-4-3-7-5-10-9(6-8(7)12)14-11(16)15(10)2/h5-6,13H,3-4H2,1-2H3,(H,14,16). The molecule has 1 aromatic heterocycles. The summed E-state index contributed by atoms with van der Waals surface area (Å²) in [5, 5.41) is 3.78. The van der Waals surface area contributed by atoms with E-state index in [0.717, 1.165) is 29.6 Å². The van der Waals surface area contributed by atoms with E-state index in [1.54, 1.807) is 11.6 Å². The number of likely N-dealkylation sites (N-methyl/N-ethyl adjacent to an activating group) is 1. The molecule has 0 saturated carbocycles. The first-order valence-electron chi connectivity index (χ1n) is 5.15. The van der Waals surface area contributed by atoms with Crippen molar-refractivity contribution in [1.82, 2.24) is 14.9 Å². The lowest BCUT2D eigenvalue weighted by Crippen LogP contribution is -2.12. The van der Waals surface area contributed by atoms with Gasteiger partial charge in [-0.2, -0.15) is 0 Å². The Morgan fingerprint density at radius 2 is 2.25 bits per heavy atom. The number of rotatable bonds is 3. The van der Waals surface area contributed by atoms with Crippen molar-refractivity contribution in [2.24, 2.45) is 7.05 Å². The summed E-state index contributed by atoms with van der Waals surface area (Å²) >= 11 is 6.14. The van der Waals surface area contributed by atoms with Gasteiger partial charge in [0.1, 0.15) is 0 Å². The Morgan fingerprint density at radius 1 is 1.50 bits per heavy atom. The number of H-pyrrole nitrogens is 1. The van der Waals surface area contributed by atoms with Crippen LogP contribution in [0.5, 0.6) is 0 Å². The van der Waals surface area contributed by atoms with Crippen molar-refractivity contribution in [3.8, 4) is 0 Å². The lowest BCUT2D eigenvalue weighted by Gasteiger charge is -2.04. The highest BCUT2D eigenvalue weighted by molar-refractivity contribution is 6.32. The molecule has 0 atom stereocenters. The van der Waals surface area contributed by atoms with Gasteiger partial charge in [-0.3, -0.25) is 4.57 Å². The van der Waals surface area contributed by atoms with Crippen molar-refractivity contribution >= 4 is 22.6 Å². The number of nitrogens with one attached hydrogen (secondary N) is 2. The summed E-state index contributed by atoms with van der Waals surface area (Å²) in [5.41, 5.74) is 2.61. The molecule has 86 valence electrons. The number of fused-ring (bicyclic) bond motifs is 1. The van der Waals surface area contributed by atoms with Crippen molar-refractivity contribution < 1.29 is 0 Å². The number of hydrogen-bond donors (Lipinski definition) is 2. The topological polar surface area (TPSA) is 49.8 Å². The molecule has 0 unspecified atom stereocenters. The molecule has 0 fully saturated rings. The minimum atomic E-state index is -0.114. The van der Waals surface area contributed by atoms with Gasteiger partial charge >= 0.3 is 5.69 Å². The second kappa shape index (κ2) is 4.31. The molecule has 5 heteroatoms. The number of aryl methyl sites for hydroxylation is 1. The molecule has 0 bridgehead atoms. The third-order valence-corrected chi connectivity index (χ3v) is 3.07. The Balaban J connectivity index is 2.55. The van der Waals surface area contributed by atoms with Crippen molar-refractivity contribution in [1.29, 1.82) is 0 Å². The molecule has 2 N–H and O–H groups in total. The first kappa shape index (κ1) is 11.2. The molecule has 0 aliphatic heterocycles.